The Hall–Kier alpha value is -3.04. The van der Waals surface area contributed by atoms with Crippen LogP contribution in [0.3, 0.4) is 0 Å². The van der Waals surface area contributed by atoms with E-state index in [9.17, 15) is 4.39 Å². The van der Waals surface area contributed by atoms with E-state index in [-0.39, 0.29) is 11.9 Å². The normalized spacial score (nSPS) is 16.3. The standard InChI is InChI=1S/C22H27FN6O2/c1-27-10-12-28(13-11-27)21(19-9-8-18(30-2)14-20(19)31-3)22-24-25-26-29(22)15-16-4-6-17(23)7-5-16/h4-9,14,21H,10-13,15H2,1-3H3. The Morgan fingerprint density at radius 1 is 1.00 bits per heavy atom. The summed E-state index contributed by atoms with van der Waals surface area (Å²) in [6.45, 7) is 4.10. The van der Waals surface area contributed by atoms with E-state index in [1.165, 1.54) is 12.1 Å². The first-order chi connectivity index (χ1) is 15.1. The molecule has 0 bridgehead atoms. The van der Waals surface area contributed by atoms with Crippen LogP contribution in [0.15, 0.2) is 42.5 Å². The number of likely N-dealkylation sites (N-methyl/N-ethyl adjacent to an activating group) is 1. The largest absolute Gasteiger partial charge is 0.497 e. The molecule has 1 fully saturated rings. The lowest BCUT2D eigenvalue weighted by Gasteiger charge is -2.37. The third-order valence-electron chi connectivity index (χ3n) is 5.69. The summed E-state index contributed by atoms with van der Waals surface area (Å²) in [5, 5.41) is 12.6. The van der Waals surface area contributed by atoms with Gasteiger partial charge in [0.1, 0.15) is 23.4 Å². The van der Waals surface area contributed by atoms with Crippen molar-refractivity contribution in [3.8, 4) is 11.5 Å². The maximum Gasteiger partial charge on any atom is 0.173 e. The molecule has 8 nitrogen and oxygen atoms in total. The van der Waals surface area contributed by atoms with Crippen molar-refractivity contribution in [2.45, 2.75) is 12.6 Å². The highest BCUT2D eigenvalue weighted by molar-refractivity contribution is 5.44. The molecule has 1 unspecified atom stereocenters. The number of benzene rings is 2. The van der Waals surface area contributed by atoms with Crippen LogP contribution in [0.4, 0.5) is 4.39 Å². The van der Waals surface area contributed by atoms with Gasteiger partial charge in [-0.15, -0.1) is 5.10 Å². The van der Waals surface area contributed by atoms with Gasteiger partial charge in [-0.2, -0.15) is 0 Å². The van der Waals surface area contributed by atoms with Gasteiger partial charge < -0.3 is 14.4 Å². The summed E-state index contributed by atoms with van der Waals surface area (Å²) in [7, 11) is 5.41. The van der Waals surface area contributed by atoms with Gasteiger partial charge in [0, 0.05) is 37.8 Å². The van der Waals surface area contributed by atoms with Crippen LogP contribution in [-0.2, 0) is 6.54 Å². The van der Waals surface area contributed by atoms with E-state index in [2.05, 4.69) is 32.4 Å². The fourth-order valence-electron chi connectivity index (χ4n) is 3.91. The molecule has 9 heteroatoms. The Labute approximate surface area is 181 Å². The van der Waals surface area contributed by atoms with Crippen LogP contribution in [0, 0.1) is 5.82 Å². The van der Waals surface area contributed by atoms with Crippen LogP contribution in [0.25, 0.3) is 0 Å². The highest BCUT2D eigenvalue weighted by atomic mass is 19.1. The summed E-state index contributed by atoms with van der Waals surface area (Å²) in [6.07, 6.45) is 0. The van der Waals surface area contributed by atoms with Gasteiger partial charge in [0.15, 0.2) is 5.82 Å². The lowest BCUT2D eigenvalue weighted by Crippen LogP contribution is -2.46. The summed E-state index contributed by atoms with van der Waals surface area (Å²) in [5.74, 6) is 1.90. The first kappa shape index (κ1) is 21.2. The smallest absolute Gasteiger partial charge is 0.173 e. The van der Waals surface area contributed by atoms with Gasteiger partial charge >= 0.3 is 0 Å². The van der Waals surface area contributed by atoms with Gasteiger partial charge in [-0.1, -0.05) is 12.1 Å². The average molecular weight is 426 g/mol. The van der Waals surface area contributed by atoms with Crippen LogP contribution in [0.2, 0.25) is 0 Å². The first-order valence-electron chi connectivity index (χ1n) is 10.2. The van der Waals surface area contributed by atoms with Gasteiger partial charge in [-0.25, -0.2) is 9.07 Å². The second-order valence-electron chi connectivity index (χ2n) is 7.67. The minimum absolute atomic E-state index is 0.190. The molecule has 0 saturated carbocycles. The summed E-state index contributed by atoms with van der Waals surface area (Å²) < 4.78 is 26.2. The van der Waals surface area contributed by atoms with Crippen molar-refractivity contribution in [3.63, 3.8) is 0 Å². The molecule has 1 atom stereocenters. The maximum absolute atomic E-state index is 13.3. The van der Waals surface area contributed by atoms with E-state index in [1.807, 2.05) is 18.2 Å². The highest BCUT2D eigenvalue weighted by Gasteiger charge is 2.32. The highest BCUT2D eigenvalue weighted by Crippen LogP contribution is 2.36. The van der Waals surface area contributed by atoms with Gasteiger partial charge in [-0.05, 0) is 47.3 Å². The first-order valence-corrected chi connectivity index (χ1v) is 10.2. The molecule has 0 N–H and O–H groups in total. The number of halogens is 1. The molecule has 2 heterocycles. The second kappa shape index (κ2) is 9.40. The van der Waals surface area contributed by atoms with E-state index < -0.39 is 0 Å². The number of tetrazole rings is 1. The average Bonchev–Trinajstić information content (AvgIpc) is 3.24. The molecule has 164 valence electrons. The summed E-state index contributed by atoms with van der Waals surface area (Å²) in [5.41, 5.74) is 1.90. The third kappa shape index (κ3) is 4.67. The number of aromatic nitrogens is 4. The van der Waals surface area contributed by atoms with Gasteiger partial charge in [-0.3, -0.25) is 4.90 Å². The summed E-state index contributed by atoms with van der Waals surface area (Å²) in [6, 6.07) is 12.0. The van der Waals surface area contributed by atoms with Crippen LogP contribution >= 0.6 is 0 Å². The molecule has 4 rings (SSSR count). The van der Waals surface area contributed by atoms with E-state index >= 15 is 0 Å². The topological polar surface area (TPSA) is 68.5 Å². The van der Waals surface area contributed by atoms with Crippen LogP contribution < -0.4 is 9.47 Å². The van der Waals surface area contributed by atoms with Crippen molar-refractivity contribution in [2.24, 2.45) is 0 Å². The zero-order valence-corrected chi connectivity index (χ0v) is 18.0. The molecule has 1 aromatic heterocycles. The number of ether oxygens (including phenoxy) is 2. The predicted octanol–water partition coefficient (Wildman–Crippen LogP) is 2.21. The molecule has 1 saturated heterocycles. The van der Waals surface area contributed by atoms with Gasteiger partial charge in [0.25, 0.3) is 0 Å². The zero-order valence-electron chi connectivity index (χ0n) is 18.0. The Kier molecular flexibility index (Phi) is 6.43. The Morgan fingerprint density at radius 2 is 1.74 bits per heavy atom. The number of methoxy groups -OCH3 is 2. The molecule has 31 heavy (non-hydrogen) atoms. The van der Waals surface area contributed by atoms with Crippen LogP contribution in [0.5, 0.6) is 11.5 Å². The van der Waals surface area contributed by atoms with Gasteiger partial charge in [0.05, 0.1) is 20.8 Å². The van der Waals surface area contributed by atoms with Crippen molar-refractivity contribution >= 4 is 0 Å². The van der Waals surface area contributed by atoms with Crippen molar-refractivity contribution in [1.29, 1.82) is 0 Å². The number of nitrogens with zero attached hydrogens (tertiary/aromatic N) is 6. The second-order valence-corrected chi connectivity index (χ2v) is 7.67. The molecule has 0 radical (unpaired) electrons. The minimum Gasteiger partial charge on any atom is -0.497 e. The molecule has 3 aromatic rings. The lowest BCUT2D eigenvalue weighted by atomic mass is 10.0. The van der Waals surface area contributed by atoms with Crippen molar-refractivity contribution in [2.75, 3.05) is 47.4 Å². The van der Waals surface area contributed by atoms with Crippen molar-refractivity contribution in [1.82, 2.24) is 30.0 Å². The zero-order chi connectivity index (χ0) is 21.8. The quantitative estimate of drug-likeness (QED) is 0.574. The Morgan fingerprint density at radius 3 is 2.42 bits per heavy atom. The minimum atomic E-state index is -0.265. The van der Waals surface area contributed by atoms with E-state index in [0.717, 1.165) is 54.6 Å². The van der Waals surface area contributed by atoms with Crippen LogP contribution in [-0.4, -0.2) is 77.5 Å². The molecule has 0 amide bonds. The molecule has 0 spiro atoms. The van der Waals surface area contributed by atoms with E-state index in [0.29, 0.717) is 6.54 Å². The fraction of sp³-hybridized carbons (Fsp3) is 0.409. The Bertz CT molecular complexity index is 1000. The summed E-state index contributed by atoms with van der Waals surface area (Å²) >= 11 is 0. The molecule has 0 aliphatic carbocycles. The predicted molar refractivity (Wildman–Crippen MR) is 114 cm³/mol. The molecular weight excluding hydrogens is 399 g/mol. The molecule has 2 aromatic carbocycles. The van der Waals surface area contributed by atoms with Crippen LogP contribution in [0.1, 0.15) is 23.0 Å². The fourth-order valence-corrected chi connectivity index (χ4v) is 3.91. The number of piperazine rings is 1. The number of hydrogen-bond donors (Lipinski definition) is 0. The third-order valence-corrected chi connectivity index (χ3v) is 5.69. The maximum atomic E-state index is 13.3. The van der Waals surface area contributed by atoms with Crippen molar-refractivity contribution < 1.29 is 13.9 Å². The van der Waals surface area contributed by atoms with E-state index in [1.54, 1.807) is 31.0 Å². The SMILES string of the molecule is COc1ccc(C(c2nnnn2Cc2ccc(F)cc2)N2CCN(C)CC2)c(OC)c1. The molecule has 1 aliphatic rings. The van der Waals surface area contributed by atoms with Crippen molar-refractivity contribution in [3.05, 3.63) is 65.2 Å². The number of rotatable bonds is 7. The molecular formula is C22H27FN6O2. The van der Waals surface area contributed by atoms with E-state index in [4.69, 9.17) is 9.47 Å². The molecule has 1 aliphatic heterocycles. The number of hydrogen-bond acceptors (Lipinski definition) is 7. The summed E-state index contributed by atoms with van der Waals surface area (Å²) in [4.78, 5) is 4.68. The lowest BCUT2D eigenvalue weighted by molar-refractivity contribution is 0.120. The monoisotopic (exact) mass is 426 g/mol. The van der Waals surface area contributed by atoms with Gasteiger partial charge in [0.2, 0.25) is 0 Å². The Balaban J connectivity index is 1.74.